The molecule has 12 heteroatoms. The summed E-state index contributed by atoms with van der Waals surface area (Å²) in [6, 6.07) is 6.71. The Morgan fingerprint density at radius 2 is 1.83 bits per heavy atom. The molecule has 5 nitrogen and oxygen atoms in total. The van der Waals surface area contributed by atoms with E-state index in [9.17, 15) is 26.3 Å². The molecule has 0 fully saturated rings. The van der Waals surface area contributed by atoms with Crippen LogP contribution in [0.25, 0.3) is 11.3 Å². The Morgan fingerprint density at radius 1 is 1.17 bits per heavy atom. The number of halogens is 6. The van der Waals surface area contributed by atoms with Crippen molar-refractivity contribution < 1.29 is 56.3 Å². The Labute approximate surface area is 219 Å². The fourth-order valence-electron chi connectivity index (χ4n) is 3.62. The van der Waals surface area contributed by atoms with Crippen molar-refractivity contribution in [3.05, 3.63) is 66.8 Å². The van der Waals surface area contributed by atoms with Crippen LogP contribution in [-0.4, -0.2) is 33.7 Å². The van der Waals surface area contributed by atoms with Gasteiger partial charge in [0.2, 0.25) is 5.88 Å². The fraction of sp³-hybridized carbons (Fsp3) is 0.417. The molecule has 2 atom stereocenters. The normalized spacial score (nSPS) is 17.1. The number of ether oxygens (including phenoxy) is 1. The van der Waals surface area contributed by atoms with Crippen LogP contribution in [0.15, 0.2) is 54.3 Å². The molecule has 36 heavy (non-hydrogen) atoms. The number of hydrogen-bond donors (Lipinski definition) is 1. The molecule has 2 unspecified atom stereocenters. The first-order valence-corrected chi connectivity index (χ1v) is 10.7. The van der Waals surface area contributed by atoms with Crippen LogP contribution < -0.4 is 10.1 Å². The van der Waals surface area contributed by atoms with Crippen LogP contribution in [0.2, 0.25) is 0 Å². The number of rotatable bonds is 7. The minimum atomic E-state index is -4.48. The van der Waals surface area contributed by atoms with Gasteiger partial charge in [-0.25, -0.2) is 0 Å². The summed E-state index contributed by atoms with van der Waals surface area (Å²) < 4.78 is 84.8. The van der Waals surface area contributed by atoms with E-state index in [0.717, 1.165) is 6.08 Å². The molecule has 1 aliphatic rings. The zero-order valence-electron chi connectivity index (χ0n) is 19.8. The maximum Gasteiger partial charge on any atom is 1.00 e. The molecule has 1 aliphatic carbocycles. The number of benzene rings is 1. The third-order valence-corrected chi connectivity index (χ3v) is 5.58. The summed E-state index contributed by atoms with van der Waals surface area (Å²) in [5.41, 5.74) is 0.951. The number of nitrogens with zero attached hydrogens (tertiary/aromatic N) is 2. The third kappa shape index (κ3) is 7.67. The standard InChI is InChI=1S/C24H26F6N3O.H2O.Os/c1-5-33-20(14-21(32-33)34-19-11-9-17(10-12-19)24(28,29)30)16-7-6-8-18(13-16)22(3,4)31-15(2)23(25,26)27;;/h6-9,11-15,17,31H,2,5,10H2,1,3-4H3;1H2;/q-1;;+1. The van der Waals surface area contributed by atoms with E-state index < -0.39 is 29.9 Å². The van der Waals surface area contributed by atoms with Crippen molar-refractivity contribution in [1.29, 1.82) is 0 Å². The van der Waals surface area contributed by atoms with Crippen LogP contribution in [-0.2, 0) is 31.9 Å². The summed E-state index contributed by atoms with van der Waals surface area (Å²) in [5, 5.41) is 6.88. The van der Waals surface area contributed by atoms with Crippen LogP contribution in [0.5, 0.6) is 5.88 Å². The van der Waals surface area contributed by atoms with E-state index in [1.807, 2.05) is 6.92 Å². The van der Waals surface area contributed by atoms with Gasteiger partial charge < -0.3 is 22.5 Å². The molecule has 0 bridgehead atoms. The Hall–Kier alpha value is -2.15. The number of hydrogen-bond acceptors (Lipinski definition) is 3. The summed E-state index contributed by atoms with van der Waals surface area (Å²) in [6.07, 6.45) is -5.31. The first-order valence-electron chi connectivity index (χ1n) is 10.7. The summed E-state index contributed by atoms with van der Waals surface area (Å²) in [5.74, 6) is -1.07. The molecule has 0 aliphatic heterocycles. The molecule has 1 aromatic carbocycles. The molecule has 0 saturated heterocycles. The number of nitrogens with one attached hydrogen (secondary N) is 1. The van der Waals surface area contributed by atoms with Crippen LogP contribution in [0, 0.1) is 12.8 Å². The molecule has 1 heterocycles. The summed E-state index contributed by atoms with van der Waals surface area (Å²) >= 11 is 0. The Bertz CT molecular complexity index is 1080. The van der Waals surface area contributed by atoms with Gasteiger partial charge in [-0.15, -0.1) is 5.10 Å². The predicted molar refractivity (Wildman–Crippen MR) is 120 cm³/mol. The molecule has 0 amide bonds. The van der Waals surface area contributed by atoms with E-state index in [4.69, 9.17) is 4.74 Å². The molecule has 3 rings (SSSR count). The van der Waals surface area contributed by atoms with Crippen molar-refractivity contribution in [2.24, 2.45) is 5.92 Å². The predicted octanol–water partition coefficient (Wildman–Crippen LogP) is 5.73. The van der Waals surface area contributed by atoms with Crippen LogP contribution in [0.4, 0.5) is 26.3 Å². The summed E-state index contributed by atoms with van der Waals surface area (Å²) in [4.78, 5) is 0. The SMILES string of the molecule is O.[CH2-]C(NC(C)(C)c1cccc(-c2cc(OC3=CCC(C(F)(F)F)C=C3)nn2CC)c1)C(F)(F)F.[Os+]. The van der Waals surface area contributed by atoms with Crippen molar-refractivity contribution >= 4 is 0 Å². The molecule has 201 valence electrons. The van der Waals surface area contributed by atoms with E-state index >= 15 is 0 Å². The number of aryl methyl sites for hydroxylation is 1. The van der Waals surface area contributed by atoms with E-state index in [2.05, 4.69) is 17.3 Å². The fourth-order valence-corrected chi connectivity index (χ4v) is 3.62. The summed E-state index contributed by atoms with van der Waals surface area (Å²) in [7, 11) is 0. The molecular formula is C24H28F6N3O2Os. The van der Waals surface area contributed by atoms with Gasteiger partial charge in [0.15, 0.2) is 0 Å². The Kier molecular flexibility index (Phi) is 10.6. The topological polar surface area (TPSA) is 70.6 Å². The Morgan fingerprint density at radius 3 is 2.36 bits per heavy atom. The number of aromatic nitrogens is 2. The average molecular weight is 695 g/mol. The third-order valence-electron chi connectivity index (χ3n) is 5.58. The average Bonchev–Trinajstić information content (AvgIpc) is 3.15. The molecule has 0 saturated carbocycles. The van der Waals surface area contributed by atoms with Crippen molar-refractivity contribution in [1.82, 2.24) is 15.1 Å². The monoisotopic (exact) mass is 696 g/mol. The van der Waals surface area contributed by atoms with Gasteiger partial charge in [-0.2, -0.15) is 26.3 Å². The van der Waals surface area contributed by atoms with Crippen molar-refractivity contribution in [3.63, 3.8) is 0 Å². The minimum Gasteiger partial charge on any atom is -0.438 e. The zero-order valence-corrected chi connectivity index (χ0v) is 22.4. The van der Waals surface area contributed by atoms with Crippen molar-refractivity contribution in [3.8, 4) is 17.1 Å². The molecule has 0 spiro atoms. The van der Waals surface area contributed by atoms with Gasteiger partial charge in [-0.1, -0.05) is 24.3 Å². The first-order chi connectivity index (χ1) is 15.7. The van der Waals surface area contributed by atoms with E-state index in [0.29, 0.717) is 23.4 Å². The van der Waals surface area contributed by atoms with Crippen LogP contribution in [0.1, 0.15) is 32.8 Å². The van der Waals surface area contributed by atoms with Crippen LogP contribution >= 0.6 is 0 Å². The van der Waals surface area contributed by atoms with Gasteiger partial charge in [-0.3, -0.25) is 4.68 Å². The van der Waals surface area contributed by atoms with Gasteiger partial charge in [0, 0.05) is 23.7 Å². The number of allylic oxidation sites excluding steroid dienone is 3. The van der Waals surface area contributed by atoms with E-state index in [-0.39, 0.29) is 43.3 Å². The largest absolute Gasteiger partial charge is 1.00 e. The molecule has 2 aromatic rings. The second-order valence-electron chi connectivity index (χ2n) is 8.58. The maximum atomic E-state index is 13.0. The van der Waals surface area contributed by atoms with Gasteiger partial charge in [0.1, 0.15) is 5.76 Å². The van der Waals surface area contributed by atoms with E-state index in [1.54, 1.807) is 48.9 Å². The molecule has 3 N–H and O–H groups in total. The minimum absolute atomic E-state index is 0. The van der Waals surface area contributed by atoms with E-state index in [1.165, 1.54) is 12.2 Å². The first kappa shape index (κ1) is 31.9. The van der Waals surface area contributed by atoms with Gasteiger partial charge in [0.05, 0.1) is 11.6 Å². The zero-order chi connectivity index (χ0) is 25.3. The van der Waals surface area contributed by atoms with Crippen molar-refractivity contribution in [2.45, 2.75) is 57.7 Å². The van der Waals surface area contributed by atoms with Crippen LogP contribution in [0.3, 0.4) is 0 Å². The van der Waals surface area contributed by atoms with Crippen molar-refractivity contribution in [2.75, 3.05) is 0 Å². The maximum absolute atomic E-state index is 13.0. The Balaban J connectivity index is 0.00000324. The second kappa shape index (κ2) is 11.9. The van der Waals surface area contributed by atoms with Gasteiger partial charge >= 0.3 is 32.1 Å². The molecule has 1 aromatic heterocycles. The smallest absolute Gasteiger partial charge is 0.438 e. The summed E-state index contributed by atoms with van der Waals surface area (Å²) in [6.45, 7) is 8.78. The van der Waals surface area contributed by atoms with Gasteiger partial charge in [0.25, 0.3) is 0 Å². The molecular weight excluding hydrogens is 667 g/mol. The number of alkyl halides is 6. The quantitative estimate of drug-likeness (QED) is 0.298. The second-order valence-corrected chi connectivity index (χ2v) is 8.58. The van der Waals surface area contributed by atoms with Gasteiger partial charge in [-0.05, 0) is 57.0 Å². The molecule has 1 radical (unpaired) electrons.